The molecule has 0 radical (unpaired) electrons. The Labute approximate surface area is 120 Å². The Morgan fingerprint density at radius 2 is 1.84 bits per heavy atom. The fourth-order valence-electron chi connectivity index (χ4n) is 2.00. The molecule has 1 amide bonds. The molecule has 1 aromatic rings. The Hall–Kier alpha value is -1.06. The number of amides is 1. The molecule has 0 fully saturated rings. The average Bonchev–Trinajstić information content (AvgIpc) is 2.40. The maximum absolute atomic E-state index is 11.8. The third-order valence-electron chi connectivity index (χ3n) is 3.28. The van der Waals surface area contributed by atoms with Crippen molar-refractivity contribution in [2.75, 3.05) is 19.6 Å². The van der Waals surface area contributed by atoms with Crippen molar-refractivity contribution in [3.63, 3.8) is 0 Å². The summed E-state index contributed by atoms with van der Waals surface area (Å²) in [5, 5.41) is 4.10. The molecule has 1 N–H and O–H groups in total. The maximum atomic E-state index is 11.8. The van der Waals surface area contributed by atoms with Crippen LogP contribution in [0.3, 0.4) is 0 Å². The second-order valence-corrected chi connectivity index (χ2v) is 4.98. The van der Waals surface area contributed by atoms with Crippen LogP contribution in [-0.4, -0.2) is 30.4 Å². The minimum atomic E-state index is 0.209. The van der Waals surface area contributed by atoms with E-state index in [-0.39, 0.29) is 11.9 Å². The fourth-order valence-corrected chi connectivity index (χ4v) is 2.13. The standard InChI is InChI=1S/C15H23ClN2O/c1-4-18(5-2)15(19)10-11-17-12(3)13-6-8-14(16)9-7-13/h6-9,12,17H,4-5,10-11H2,1-3H3. The van der Waals surface area contributed by atoms with Gasteiger partial charge >= 0.3 is 0 Å². The Balaban J connectivity index is 2.36. The highest BCUT2D eigenvalue weighted by atomic mass is 35.5. The van der Waals surface area contributed by atoms with Crippen LogP contribution in [0.5, 0.6) is 0 Å². The summed E-state index contributed by atoms with van der Waals surface area (Å²) in [5.41, 5.74) is 1.18. The van der Waals surface area contributed by atoms with Gasteiger partial charge in [0.2, 0.25) is 5.91 Å². The summed E-state index contributed by atoms with van der Waals surface area (Å²) in [6, 6.07) is 8.01. The predicted molar refractivity (Wildman–Crippen MR) is 80.4 cm³/mol. The number of hydrogen-bond donors (Lipinski definition) is 1. The number of carbonyl (C=O) groups excluding carboxylic acids is 1. The van der Waals surface area contributed by atoms with Crippen LogP contribution in [0.4, 0.5) is 0 Å². The van der Waals surface area contributed by atoms with E-state index >= 15 is 0 Å². The Kier molecular flexibility index (Phi) is 6.89. The van der Waals surface area contributed by atoms with Crippen molar-refractivity contribution in [1.82, 2.24) is 10.2 Å². The molecule has 0 saturated heterocycles. The average molecular weight is 283 g/mol. The molecule has 0 spiro atoms. The summed E-state index contributed by atoms with van der Waals surface area (Å²) in [6.07, 6.45) is 0.541. The van der Waals surface area contributed by atoms with Gasteiger partial charge in [-0.15, -0.1) is 0 Å². The zero-order chi connectivity index (χ0) is 14.3. The van der Waals surface area contributed by atoms with E-state index in [0.29, 0.717) is 13.0 Å². The van der Waals surface area contributed by atoms with E-state index in [4.69, 9.17) is 11.6 Å². The highest BCUT2D eigenvalue weighted by Crippen LogP contribution is 2.15. The van der Waals surface area contributed by atoms with Crippen LogP contribution in [0, 0.1) is 0 Å². The lowest BCUT2D eigenvalue weighted by atomic mass is 10.1. The largest absolute Gasteiger partial charge is 0.343 e. The molecule has 4 heteroatoms. The van der Waals surface area contributed by atoms with Gasteiger partial charge in [0.15, 0.2) is 0 Å². The first kappa shape index (κ1) is 16.0. The van der Waals surface area contributed by atoms with Gasteiger partial charge in [-0.25, -0.2) is 0 Å². The first-order valence-electron chi connectivity index (χ1n) is 6.85. The van der Waals surface area contributed by atoms with Crippen molar-refractivity contribution in [1.29, 1.82) is 0 Å². The second kappa shape index (κ2) is 8.18. The number of carbonyl (C=O) groups is 1. The lowest BCUT2D eigenvalue weighted by Crippen LogP contribution is -2.33. The number of rotatable bonds is 7. The van der Waals surface area contributed by atoms with Gasteiger partial charge in [0.25, 0.3) is 0 Å². The highest BCUT2D eigenvalue weighted by Gasteiger charge is 2.10. The summed E-state index contributed by atoms with van der Waals surface area (Å²) in [4.78, 5) is 13.7. The summed E-state index contributed by atoms with van der Waals surface area (Å²) in [7, 11) is 0. The van der Waals surface area contributed by atoms with Crippen molar-refractivity contribution in [3.8, 4) is 0 Å². The van der Waals surface area contributed by atoms with Crippen LogP contribution < -0.4 is 5.32 Å². The van der Waals surface area contributed by atoms with Crippen LogP contribution in [0.1, 0.15) is 38.8 Å². The van der Waals surface area contributed by atoms with Crippen LogP contribution in [0.25, 0.3) is 0 Å². The van der Waals surface area contributed by atoms with E-state index in [2.05, 4.69) is 12.2 Å². The summed E-state index contributed by atoms with van der Waals surface area (Å²) < 4.78 is 0. The van der Waals surface area contributed by atoms with E-state index in [9.17, 15) is 4.79 Å². The van der Waals surface area contributed by atoms with E-state index in [0.717, 1.165) is 18.1 Å². The van der Waals surface area contributed by atoms with Gasteiger partial charge < -0.3 is 10.2 Å². The molecule has 0 aliphatic rings. The minimum absolute atomic E-state index is 0.209. The van der Waals surface area contributed by atoms with Gasteiger partial charge in [0.1, 0.15) is 0 Å². The number of hydrogen-bond acceptors (Lipinski definition) is 2. The fraction of sp³-hybridized carbons (Fsp3) is 0.533. The lowest BCUT2D eigenvalue weighted by Gasteiger charge is -2.20. The predicted octanol–water partition coefficient (Wildman–Crippen LogP) is 3.25. The molecule has 1 aromatic carbocycles. The molecule has 1 rings (SSSR count). The quantitative estimate of drug-likeness (QED) is 0.833. The molecule has 0 aliphatic heterocycles. The Morgan fingerprint density at radius 3 is 2.37 bits per heavy atom. The Bertz CT molecular complexity index is 388. The maximum Gasteiger partial charge on any atom is 0.223 e. The lowest BCUT2D eigenvalue weighted by molar-refractivity contribution is -0.130. The molecule has 19 heavy (non-hydrogen) atoms. The molecule has 0 aliphatic carbocycles. The SMILES string of the molecule is CCN(CC)C(=O)CCNC(C)c1ccc(Cl)cc1. The van der Waals surface area contributed by atoms with E-state index in [1.807, 2.05) is 43.0 Å². The van der Waals surface area contributed by atoms with Gasteiger partial charge in [0.05, 0.1) is 0 Å². The molecule has 0 heterocycles. The second-order valence-electron chi connectivity index (χ2n) is 4.54. The third-order valence-corrected chi connectivity index (χ3v) is 3.53. The van der Waals surface area contributed by atoms with Gasteiger partial charge in [-0.1, -0.05) is 23.7 Å². The molecular weight excluding hydrogens is 260 g/mol. The van der Waals surface area contributed by atoms with Crippen molar-refractivity contribution >= 4 is 17.5 Å². The molecular formula is C15H23ClN2O. The zero-order valence-corrected chi connectivity index (χ0v) is 12.7. The summed E-state index contributed by atoms with van der Waals surface area (Å²) in [5.74, 6) is 0.209. The van der Waals surface area contributed by atoms with Gasteiger partial charge in [-0.05, 0) is 38.5 Å². The van der Waals surface area contributed by atoms with Gasteiger partial charge in [-0.3, -0.25) is 4.79 Å². The normalized spacial score (nSPS) is 12.2. The molecule has 1 unspecified atom stereocenters. The third kappa shape index (κ3) is 5.21. The van der Waals surface area contributed by atoms with E-state index in [1.54, 1.807) is 0 Å². The molecule has 1 atom stereocenters. The minimum Gasteiger partial charge on any atom is -0.343 e. The number of halogens is 1. The number of benzene rings is 1. The van der Waals surface area contributed by atoms with E-state index in [1.165, 1.54) is 5.56 Å². The Morgan fingerprint density at radius 1 is 1.26 bits per heavy atom. The van der Waals surface area contributed by atoms with Crippen LogP contribution in [-0.2, 0) is 4.79 Å². The molecule has 0 aromatic heterocycles. The van der Waals surface area contributed by atoms with Crippen LogP contribution >= 0.6 is 11.6 Å². The van der Waals surface area contributed by atoms with Crippen molar-refractivity contribution in [2.24, 2.45) is 0 Å². The van der Waals surface area contributed by atoms with Crippen molar-refractivity contribution in [3.05, 3.63) is 34.9 Å². The van der Waals surface area contributed by atoms with Crippen molar-refractivity contribution < 1.29 is 4.79 Å². The van der Waals surface area contributed by atoms with Crippen LogP contribution in [0.2, 0.25) is 5.02 Å². The van der Waals surface area contributed by atoms with E-state index < -0.39 is 0 Å². The molecule has 106 valence electrons. The number of nitrogens with one attached hydrogen (secondary N) is 1. The number of nitrogens with zero attached hydrogens (tertiary/aromatic N) is 1. The topological polar surface area (TPSA) is 32.3 Å². The molecule has 0 saturated carbocycles. The smallest absolute Gasteiger partial charge is 0.223 e. The monoisotopic (exact) mass is 282 g/mol. The summed E-state index contributed by atoms with van der Waals surface area (Å²) >= 11 is 5.86. The summed E-state index contributed by atoms with van der Waals surface area (Å²) in [6.45, 7) is 8.35. The van der Waals surface area contributed by atoms with Gasteiger partial charge in [-0.2, -0.15) is 0 Å². The van der Waals surface area contributed by atoms with Crippen molar-refractivity contribution in [2.45, 2.75) is 33.2 Å². The van der Waals surface area contributed by atoms with Gasteiger partial charge in [0, 0.05) is 37.1 Å². The zero-order valence-electron chi connectivity index (χ0n) is 11.9. The molecule has 3 nitrogen and oxygen atoms in total. The first-order valence-corrected chi connectivity index (χ1v) is 7.22. The first-order chi connectivity index (χ1) is 9.08. The van der Waals surface area contributed by atoms with Crippen LogP contribution in [0.15, 0.2) is 24.3 Å². The molecule has 0 bridgehead atoms. The highest BCUT2D eigenvalue weighted by molar-refractivity contribution is 6.30.